The molecule has 19 heavy (non-hydrogen) atoms. The van der Waals surface area contributed by atoms with Gasteiger partial charge in [0.1, 0.15) is 5.82 Å². The van der Waals surface area contributed by atoms with Crippen LogP contribution in [0.25, 0.3) is 10.4 Å². The topological polar surface area (TPSA) is 12.0 Å². The molecule has 100 valence electrons. The summed E-state index contributed by atoms with van der Waals surface area (Å²) in [5.74, 6) is -0.153. The van der Waals surface area contributed by atoms with E-state index >= 15 is 0 Å². The minimum atomic E-state index is -0.153. The van der Waals surface area contributed by atoms with Gasteiger partial charge in [-0.25, -0.2) is 4.39 Å². The van der Waals surface area contributed by atoms with E-state index in [1.807, 2.05) is 36.6 Å². The second-order valence-corrected chi connectivity index (χ2v) is 5.27. The Labute approximate surface area is 117 Å². The van der Waals surface area contributed by atoms with Crippen molar-refractivity contribution in [1.29, 1.82) is 0 Å². The molecule has 0 amide bonds. The average molecular weight is 275 g/mol. The highest BCUT2D eigenvalue weighted by atomic mass is 32.1. The lowest BCUT2D eigenvalue weighted by Crippen LogP contribution is -2.14. The molecule has 1 aromatic carbocycles. The summed E-state index contributed by atoms with van der Waals surface area (Å²) in [4.78, 5) is 0.980. The van der Waals surface area contributed by atoms with Crippen molar-refractivity contribution in [2.24, 2.45) is 0 Å². The Balaban J connectivity index is 2.01. The lowest BCUT2D eigenvalue weighted by atomic mass is 10.1. The Hall–Kier alpha value is -1.45. The predicted octanol–water partition coefficient (Wildman–Crippen LogP) is 4.61. The van der Waals surface area contributed by atoms with Gasteiger partial charge in [0.05, 0.1) is 0 Å². The van der Waals surface area contributed by atoms with Gasteiger partial charge < -0.3 is 5.32 Å². The summed E-state index contributed by atoms with van der Waals surface area (Å²) in [6, 6.07) is 9.23. The summed E-state index contributed by atoms with van der Waals surface area (Å²) >= 11 is 1.56. The quantitative estimate of drug-likeness (QED) is 0.599. The lowest BCUT2D eigenvalue weighted by Gasteiger charge is -2.06. The maximum atomic E-state index is 13.8. The molecule has 0 spiro atoms. The third kappa shape index (κ3) is 4.01. The van der Waals surface area contributed by atoms with Crippen molar-refractivity contribution in [3.8, 4) is 10.4 Å². The SMILES string of the molecule is C/C=C/CCNCc1ccc(F)c(-c2cccs2)c1. The van der Waals surface area contributed by atoms with Crippen LogP contribution < -0.4 is 5.32 Å². The number of hydrogen-bond acceptors (Lipinski definition) is 2. The predicted molar refractivity (Wildman–Crippen MR) is 80.9 cm³/mol. The van der Waals surface area contributed by atoms with Crippen LogP contribution in [-0.4, -0.2) is 6.54 Å². The molecule has 1 N–H and O–H groups in total. The van der Waals surface area contributed by atoms with E-state index in [-0.39, 0.29) is 5.82 Å². The molecule has 1 aromatic heterocycles. The molecule has 0 saturated heterocycles. The van der Waals surface area contributed by atoms with Crippen molar-refractivity contribution in [2.75, 3.05) is 6.54 Å². The fourth-order valence-electron chi connectivity index (χ4n) is 1.89. The molecule has 2 aromatic rings. The Kier molecular flexibility index (Phi) is 5.31. The van der Waals surface area contributed by atoms with Crippen molar-refractivity contribution >= 4 is 11.3 Å². The molecule has 0 aliphatic rings. The summed E-state index contributed by atoms with van der Waals surface area (Å²) in [6.45, 7) is 3.74. The van der Waals surface area contributed by atoms with E-state index in [2.05, 4.69) is 17.5 Å². The average Bonchev–Trinajstić information content (AvgIpc) is 2.94. The smallest absolute Gasteiger partial charge is 0.131 e. The van der Waals surface area contributed by atoms with Crippen molar-refractivity contribution in [3.05, 3.63) is 59.2 Å². The van der Waals surface area contributed by atoms with Crippen LogP contribution >= 0.6 is 11.3 Å². The van der Waals surface area contributed by atoms with Crippen LogP contribution in [0.15, 0.2) is 47.9 Å². The number of thiophene rings is 1. The summed E-state index contributed by atoms with van der Waals surface area (Å²) in [5.41, 5.74) is 1.81. The molecule has 0 atom stereocenters. The van der Waals surface area contributed by atoms with Crippen LogP contribution in [0.2, 0.25) is 0 Å². The van der Waals surface area contributed by atoms with Crippen molar-refractivity contribution in [2.45, 2.75) is 19.9 Å². The summed E-state index contributed by atoms with van der Waals surface area (Å²) in [7, 11) is 0. The molecule has 0 radical (unpaired) electrons. The highest BCUT2D eigenvalue weighted by molar-refractivity contribution is 7.13. The molecule has 0 aliphatic carbocycles. The van der Waals surface area contributed by atoms with E-state index in [1.54, 1.807) is 17.4 Å². The largest absolute Gasteiger partial charge is 0.312 e. The van der Waals surface area contributed by atoms with E-state index < -0.39 is 0 Å². The van der Waals surface area contributed by atoms with Crippen LogP contribution in [-0.2, 0) is 6.54 Å². The first kappa shape index (κ1) is 14.0. The zero-order valence-corrected chi connectivity index (χ0v) is 11.8. The summed E-state index contributed by atoms with van der Waals surface area (Å²) < 4.78 is 13.8. The minimum absolute atomic E-state index is 0.153. The van der Waals surface area contributed by atoms with Gasteiger partial charge in [-0.3, -0.25) is 0 Å². The van der Waals surface area contributed by atoms with E-state index in [9.17, 15) is 4.39 Å². The fraction of sp³-hybridized carbons (Fsp3) is 0.250. The Morgan fingerprint density at radius 1 is 1.32 bits per heavy atom. The fourth-order valence-corrected chi connectivity index (χ4v) is 2.63. The maximum Gasteiger partial charge on any atom is 0.131 e. The highest BCUT2D eigenvalue weighted by Crippen LogP contribution is 2.28. The first-order valence-electron chi connectivity index (χ1n) is 6.45. The number of hydrogen-bond donors (Lipinski definition) is 1. The normalized spacial score (nSPS) is 11.3. The van der Waals surface area contributed by atoms with Gasteiger partial charge in [0.25, 0.3) is 0 Å². The lowest BCUT2D eigenvalue weighted by molar-refractivity contribution is 0.629. The third-order valence-electron chi connectivity index (χ3n) is 2.87. The molecule has 0 aliphatic heterocycles. The van der Waals surface area contributed by atoms with Crippen molar-refractivity contribution in [1.82, 2.24) is 5.32 Å². The Morgan fingerprint density at radius 2 is 2.21 bits per heavy atom. The first-order chi connectivity index (χ1) is 9.31. The molecule has 3 heteroatoms. The standard InChI is InChI=1S/C16H18FNS/c1-2-3-4-9-18-12-13-7-8-15(17)14(11-13)16-6-5-10-19-16/h2-3,5-8,10-11,18H,4,9,12H2,1H3/b3-2+. The number of allylic oxidation sites excluding steroid dienone is 1. The zero-order chi connectivity index (χ0) is 13.5. The zero-order valence-electron chi connectivity index (χ0n) is 11.0. The highest BCUT2D eigenvalue weighted by Gasteiger charge is 2.06. The molecule has 1 heterocycles. The number of benzene rings is 1. The monoisotopic (exact) mass is 275 g/mol. The summed E-state index contributed by atoms with van der Waals surface area (Å²) in [5, 5.41) is 5.33. The van der Waals surface area contributed by atoms with E-state index in [4.69, 9.17) is 0 Å². The molecule has 0 bridgehead atoms. The van der Waals surface area contributed by atoms with Gasteiger partial charge in [0.2, 0.25) is 0 Å². The van der Waals surface area contributed by atoms with Crippen LogP contribution in [0, 0.1) is 5.82 Å². The van der Waals surface area contributed by atoms with E-state index in [0.717, 1.165) is 30.0 Å². The van der Waals surface area contributed by atoms with Crippen LogP contribution in [0.3, 0.4) is 0 Å². The van der Waals surface area contributed by atoms with Crippen LogP contribution in [0.4, 0.5) is 4.39 Å². The molecule has 0 saturated carbocycles. The Bertz CT molecular complexity index is 532. The molecular formula is C16H18FNS. The number of nitrogens with one attached hydrogen (secondary N) is 1. The summed E-state index contributed by atoms with van der Waals surface area (Å²) in [6.07, 6.45) is 5.21. The third-order valence-corrected chi connectivity index (χ3v) is 3.77. The number of rotatable bonds is 6. The molecule has 2 rings (SSSR count). The van der Waals surface area contributed by atoms with E-state index in [0.29, 0.717) is 5.56 Å². The Morgan fingerprint density at radius 3 is 2.95 bits per heavy atom. The maximum absolute atomic E-state index is 13.8. The van der Waals surface area contributed by atoms with Gasteiger partial charge in [0.15, 0.2) is 0 Å². The van der Waals surface area contributed by atoms with Gasteiger partial charge in [0, 0.05) is 17.0 Å². The van der Waals surface area contributed by atoms with Gasteiger partial charge in [-0.2, -0.15) is 0 Å². The van der Waals surface area contributed by atoms with Gasteiger partial charge in [-0.1, -0.05) is 24.3 Å². The van der Waals surface area contributed by atoms with Gasteiger partial charge in [-0.15, -0.1) is 11.3 Å². The van der Waals surface area contributed by atoms with E-state index in [1.165, 1.54) is 0 Å². The first-order valence-corrected chi connectivity index (χ1v) is 7.33. The number of halogens is 1. The van der Waals surface area contributed by atoms with Crippen molar-refractivity contribution in [3.63, 3.8) is 0 Å². The minimum Gasteiger partial charge on any atom is -0.312 e. The second-order valence-electron chi connectivity index (χ2n) is 4.33. The molecular weight excluding hydrogens is 257 g/mol. The van der Waals surface area contributed by atoms with Crippen molar-refractivity contribution < 1.29 is 4.39 Å². The molecule has 0 unspecified atom stereocenters. The van der Waals surface area contributed by atoms with Gasteiger partial charge in [-0.05, 0) is 49.0 Å². The molecule has 1 nitrogen and oxygen atoms in total. The molecule has 0 fully saturated rings. The van der Waals surface area contributed by atoms with Gasteiger partial charge >= 0.3 is 0 Å². The second kappa shape index (κ2) is 7.22. The van der Waals surface area contributed by atoms with Crippen LogP contribution in [0.5, 0.6) is 0 Å². The van der Waals surface area contributed by atoms with Crippen LogP contribution in [0.1, 0.15) is 18.9 Å².